The van der Waals surface area contributed by atoms with Crippen molar-refractivity contribution in [2.75, 3.05) is 0 Å². The topological polar surface area (TPSA) is 29.4 Å². The minimum absolute atomic E-state index is 0.340. The Labute approximate surface area is 135 Å². The number of rotatable bonds is 5. The van der Waals surface area contributed by atoms with Crippen molar-refractivity contribution < 1.29 is 4.21 Å². The van der Waals surface area contributed by atoms with E-state index in [0.717, 1.165) is 24.1 Å². The summed E-state index contributed by atoms with van der Waals surface area (Å²) in [7, 11) is -1.24. The molecule has 0 aromatic heterocycles. The second-order valence-electron chi connectivity index (χ2n) is 6.25. The summed E-state index contributed by atoms with van der Waals surface area (Å²) >= 11 is 0. The van der Waals surface area contributed by atoms with Gasteiger partial charge in [0.25, 0.3) is 0 Å². The molecule has 0 heterocycles. The highest BCUT2D eigenvalue weighted by Gasteiger charge is 2.20. The third-order valence-corrected chi connectivity index (χ3v) is 4.75. The molecule has 2 aromatic carbocycles. The number of nitrogens with zero attached hydrogens (tertiary/aromatic N) is 1. The molecule has 2 aromatic rings. The number of hydrogen-bond donors (Lipinski definition) is 0. The van der Waals surface area contributed by atoms with E-state index in [1.165, 1.54) is 5.56 Å². The van der Waals surface area contributed by atoms with Gasteiger partial charge in [-0.25, -0.2) is 4.21 Å². The Hall–Kier alpha value is -1.74. The van der Waals surface area contributed by atoms with Gasteiger partial charge in [-0.15, -0.1) is 0 Å². The van der Waals surface area contributed by atoms with Crippen molar-refractivity contribution >= 4 is 16.7 Å². The normalized spacial score (nSPS) is 13.9. The second kappa shape index (κ2) is 7.50. The highest BCUT2D eigenvalue weighted by atomic mass is 32.2. The van der Waals surface area contributed by atoms with E-state index in [1.807, 2.05) is 69.3 Å². The predicted octanol–water partition coefficient (Wildman–Crippen LogP) is 4.57. The Morgan fingerprint density at radius 2 is 1.50 bits per heavy atom. The minimum atomic E-state index is -1.24. The van der Waals surface area contributed by atoms with E-state index in [2.05, 4.69) is 16.5 Å². The summed E-state index contributed by atoms with van der Waals surface area (Å²) in [6.07, 6.45) is 1.69. The van der Waals surface area contributed by atoms with Crippen LogP contribution in [0.1, 0.15) is 38.3 Å². The van der Waals surface area contributed by atoms with Crippen LogP contribution in [0.5, 0.6) is 0 Å². The number of hydrogen-bond acceptors (Lipinski definition) is 1. The highest BCUT2D eigenvalue weighted by molar-refractivity contribution is 7.85. The molecule has 0 aliphatic carbocycles. The molecule has 22 heavy (non-hydrogen) atoms. The number of benzene rings is 2. The van der Waals surface area contributed by atoms with Gasteiger partial charge in [0.15, 0.2) is 0 Å². The molecule has 1 atom stereocenters. The first kappa shape index (κ1) is 16.6. The van der Waals surface area contributed by atoms with Crippen molar-refractivity contribution in [3.05, 3.63) is 71.8 Å². The number of aryl methyl sites for hydroxylation is 1. The van der Waals surface area contributed by atoms with Crippen molar-refractivity contribution in [2.45, 2.75) is 38.4 Å². The summed E-state index contributed by atoms with van der Waals surface area (Å²) in [5.41, 5.74) is 3.24. The van der Waals surface area contributed by atoms with Crippen LogP contribution in [0.2, 0.25) is 0 Å². The quantitative estimate of drug-likeness (QED) is 0.743. The molecule has 0 saturated heterocycles. The van der Waals surface area contributed by atoms with Gasteiger partial charge in [-0.3, -0.25) is 0 Å². The van der Waals surface area contributed by atoms with Gasteiger partial charge in [0.1, 0.15) is 11.0 Å². The minimum Gasteiger partial charge on any atom is -0.234 e. The zero-order valence-electron chi connectivity index (χ0n) is 13.5. The fourth-order valence-corrected chi connectivity index (χ4v) is 2.69. The van der Waals surface area contributed by atoms with Gasteiger partial charge < -0.3 is 0 Å². The van der Waals surface area contributed by atoms with Crippen LogP contribution in [-0.4, -0.2) is 14.7 Å². The molecule has 0 bridgehead atoms. The van der Waals surface area contributed by atoms with Gasteiger partial charge in [0.2, 0.25) is 0 Å². The molecule has 2 rings (SSSR count). The third kappa shape index (κ3) is 4.92. The van der Waals surface area contributed by atoms with Crippen LogP contribution < -0.4 is 0 Å². The molecule has 0 unspecified atom stereocenters. The SMILES string of the molecule is CC(C)(C)[S@@](=O)/N=C(/CCc1ccccc1)c1ccccc1. The van der Waals surface area contributed by atoms with Gasteiger partial charge in [-0.05, 0) is 44.7 Å². The monoisotopic (exact) mass is 313 g/mol. The molecule has 3 heteroatoms. The summed E-state index contributed by atoms with van der Waals surface area (Å²) in [6.45, 7) is 5.85. The van der Waals surface area contributed by atoms with Crippen LogP contribution in [-0.2, 0) is 17.4 Å². The zero-order chi connectivity index (χ0) is 16.0. The summed E-state index contributed by atoms with van der Waals surface area (Å²) in [5, 5.41) is 0. The smallest absolute Gasteiger partial charge is 0.145 e. The summed E-state index contributed by atoms with van der Waals surface area (Å²) in [6, 6.07) is 20.4. The van der Waals surface area contributed by atoms with Crippen LogP contribution >= 0.6 is 0 Å². The molecule has 0 N–H and O–H groups in total. The Morgan fingerprint density at radius 1 is 0.955 bits per heavy atom. The lowest BCUT2D eigenvalue weighted by Crippen LogP contribution is -2.21. The summed E-state index contributed by atoms with van der Waals surface area (Å²) < 4.78 is 16.6. The molecule has 0 amide bonds. The van der Waals surface area contributed by atoms with E-state index in [1.54, 1.807) is 0 Å². The molecule has 0 fully saturated rings. The van der Waals surface area contributed by atoms with Crippen molar-refractivity contribution in [3.8, 4) is 0 Å². The van der Waals surface area contributed by atoms with E-state index in [9.17, 15) is 4.21 Å². The fraction of sp³-hybridized carbons (Fsp3) is 0.316. The van der Waals surface area contributed by atoms with Gasteiger partial charge in [-0.1, -0.05) is 60.7 Å². The Kier molecular flexibility index (Phi) is 5.67. The fourth-order valence-electron chi connectivity index (χ4n) is 2.02. The molecule has 0 radical (unpaired) electrons. The van der Waals surface area contributed by atoms with Crippen molar-refractivity contribution in [1.29, 1.82) is 0 Å². The molecule has 116 valence electrons. The van der Waals surface area contributed by atoms with Crippen LogP contribution in [0, 0.1) is 0 Å². The van der Waals surface area contributed by atoms with E-state index in [-0.39, 0.29) is 4.75 Å². The van der Waals surface area contributed by atoms with Gasteiger partial charge in [0, 0.05) is 0 Å². The van der Waals surface area contributed by atoms with Crippen molar-refractivity contribution in [3.63, 3.8) is 0 Å². The van der Waals surface area contributed by atoms with Crippen molar-refractivity contribution in [2.24, 2.45) is 4.40 Å². The Morgan fingerprint density at radius 3 is 2.05 bits per heavy atom. The Balaban J connectivity index is 2.23. The average Bonchev–Trinajstić information content (AvgIpc) is 2.52. The average molecular weight is 313 g/mol. The lowest BCUT2D eigenvalue weighted by atomic mass is 10.0. The summed E-state index contributed by atoms with van der Waals surface area (Å²) in [4.78, 5) is 0. The zero-order valence-corrected chi connectivity index (χ0v) is 14.3. The maximum absolute atomic E-state index is 12.4. The largest absolute Gasteiger partial charge is 0.234 e. The molecular formula is C19H23NOS. The van der Waals surface area contributed by atoms with Gasteiger partial charge in [0.05, 0.1) is 10.5 Å². The van der Waals surface area contributed by atoms with Crippen LogP contribution in [0.25, 0.3) is 0 Å². The molecule has 0 spiro atoms. The maximum atomic E-state index is 12.4. The first-order valence-corrected chi connectivity index (χ1v) is 8.66. The standard InChI is InChI=1S/C19H23NOS/c1-19(2,3)22(21)20-18(17-12-8-5-9-13-17)15-14-16-10-6-4-7-11-16/h4-13H,14-15H2,1-3H3/b20-18-/t22-/m1/s1. The lowest BCUT2D eigenvalue weighted by molar-refractivity contribution is 0.650. The van der Waals surface area contributed by atoms with Crippen LogP contribution in [0.3, 0.4) is 0 Å². The first-order chi connectivity index (χ1) is 10.5. The van der Waals surface area contributed by atoms with Gasteiger partial charge >= 0.3 is 0 Å². The first-order valence-electron chi connectivity index (χ1n) is 7.56. The molecule has 0 aliphatic heterocycles. The van der Waals surface area contributed by atoms with E-state index in [0.29, 0.717) is 0 Å². The predicted molar refractivity (Wildman–Crippen MR) is 95.6 cm³/mol. The van der Waals surface area contributed by atoms with Crippen LogP contribution in [0.4, 0.5) is 0 Å². The maximum Gasteiger partial charge on any atom is 0.145 e. The Bertz CT molecular complexity index is 642. The van der Waals surface area contributed by atoms with Gasteiger partial charge in [-0.2, -0.15) is 4.40 Å². The van der Waals surface area contributed by atoms with E-state index < -0.39 is 11.0 Å². The lowest BCUT2D eigenvalue weighted by Gasteiger charge is -2.15. The molecule has 2 nitrogen and oxygen atoms in total. The van der Waals surface area contributed by atoms with E-state index in [4.69, 9.17) is 0 Å². The second-order valence-corrected chi connectivity index (χ2v) is 8.16. The van der Waals surface area contributed by atoms with Crippen molar-refractivity contribution in [1.82, 2.24) is 0 Å². The summed E-state index contributed by atoms with van der Waals surface area (Å²) in [5.74, 6) is 0. The van der Waals surface area contributed by atoms with E-state index >= 15 is 0 Å². The molecule has 0 aliphatic rings. The third-order valence-electron chi connectivity index (χ3n) is 3.32. The van der Waals surface area contributed by atoms with Crippen LogP contribution in [0.15, 0.2) is 65.1 Å². The highest BCUT2D eigenvalue weighted by Crippen LogP contribution is 2.16. The molecule has 0 saturated carbocycles. The molecular weight excluding hydrogens is 290 g/mol.